The van der Waals surface area contributed by atoms with Crippen molar-refractivity contribution in [3.63, 3.8) is 0 Å². The van der Waals surface area contributed by atoms with Crippen molar-refractivity contribution in [3.8, 4) is 0 Å². The molecule has 25 heavy (non-hydrogen) atoms. The molecule has 0 saturated carbocycles. The van der Waals surface area contributed by atoms with Crippen LogP contribution in [0.2, 0.25) is 0 Å². The van der Waals surface area contributed by atoms with Gasteiger partial charge in [0.05, 0.1) is 0 Å². The zero-order valence-electron chi connectivity index (χ0n) is 16.8. The van der Waals surface area contributed by atoms with Gasteiger partial charge in [0.15, 0.2) is 0 Å². The molecule has 0 radical (unpaired) electrons. The van der Waals surface area contributed by atoms with E-state index in [4.69, 9.17) is 0 Å². The quantitative estimate of drug-likeness (QED) is 0.783. The molecule has 0 spiro atoms. The molecule has 2 N–H and O–H groups in total. The molecule has 0 saturated heterocycles. The lowest BCUT2D eigenvalue weighted by atomic mass is 9.86. The SMILES string of the molecule is CCC[C@@H](C)NC(=O)[C@@H](NC(=O)c1ccc(C(C)(C)C)cc1)C(C)C. The fourth-order valence-electron chi connectivity index (χ4n) is 2.72. The first-order chi connectivity index (χ1) is 11.6. The molecule has 0 aliphatic heterocycles. The summed E-state index contributed by atoms with van der Waals surface area (Å²) in [4.78, 5) is 25.0. The maximum atomic E-state index is 12.5. The van der Waals surface area contributed by atoms with Gasteiger partial charge in [0.1, 0.15) is 6.04 Å². The maximum absolute atomic E-state index is 12.5. The van der Waals surface area contributed by atoms with Crippen LogP contribution in [-0.2, 0) is 10.2 Å². The van der Waals surface area contributed by atoms with Crippen LogP contribution in [0.5, 0.6) is 0 Å². The third-order valence-electron chi connectivity index (χ3n) is 4.36. The topological polar surface area (TPSA) is 58.2 Å². The Bertz CT molecular complexity index is 571. The molecule has 4 nitrogen and oxygen atoms in total. The number of carbonyl (C=O) groups excluding carboxylic acids is 2. The Balaban J connectivity index is 2.81. The first kappa shape index (κ1) is 21.2. The molecule has 0 aromatic heterocycles. The Labute approximate surface area is 152 Å². The monoisotopic (exact) mass is 346 g/mol. The van der Waals surface area contributed by atoms with Crippen molar-refractivity contribution in [3.05, 3.63) is 35.4 Å². The van der Waals surface area contributed by atoms with Crippen molar-refractivity contribution in [2.45, 2.75) is 78.8 Å². The van der Waals surface area contributed by atoms with Gasteiger partial charge in [-0.1, -0.05) is 60.1 Å². The zero-order valence-corrected chi connectivity index (χ0v) is 16.8. The second-order valence-corrected chi connectivity index (χ2v) is 8.22. The number of amides is 2. The minimum Gasteiger partial charge on any atom is -0.352 e. The number of hydrogen-bond acceptors (Lipinski definition) is 2. The molecule has 0 unspecified atom stereocenters. The predicted molar refractivity (Wildman–Crippen MR) is 104 cm³/mol. The summed E-state index contributed by atoms with van der Waals surface area (Å²) in [5, 5.41) is 5.88. The smallest absolute Gasteiger partial charge is 0.251 e. The largest absolute Gasteiger partial charge is 0.352 e. The highest BCUT2D eigenvalue weighted by Crippen LogP contribution is 2.22. The average Bonchev–Trinajstić information content (AvgIpc) is 2.51. The van der Waals surface area contributed by atoms with Gasteiger partial charge in [-0.15, -0.1) is 0 Å². The summed E-state index contributed by atoms with van der Waals surface area (Å²) >= 11 is 0. The molecule has 0 bridgehead atoms. The Morgan fingerprint density at radius 2 is 1.56 bits per heavy atom. The standard InChI is InChI=1S/C21H34N2O2/c1-8-9-15(4)22-20(25)18(14(2)3)23-19(24)16-10-12-17(13-11-16)21(5,6)7/h10-15,18H,8-9H2,1-7H3,(H,22,25)(H,23,24)/t15-,18+/m1/s1. The fraction of sp³-hybridized carbons (Fsp3) is 0.619. The molecule has 0 aliphatic rings. The van der Waals surface area contributed by atoms with Gasteiger partial charge in [0.25, 0.3) is 5.91 Å². The summed E-state index contributed by atoms with van der Waals surface area (Å²) in [6.45, 7) is 14.4. The van der Waals surface area contributed by atoms with Crippen molar-refractivity contribution >= 4 is 11.8 Å². The molecule has 0 fully saturated rings. The minimum atomic E-state index is -0.533. The number of carbonyl (C=O) groups is 2. The third kappa shape index (κ3) is 6.52. The highest BCUT2D eigenvalue weighted by atomic mass is 16.2. The summed E-state index contributed by atoms with van der Waals surface area (Å²) in [5.41, 5.74) is 1.80. The first-order valence-electron chi connectivity index (χ1n) is 9.28. The van der Waals surface area contributed by atoms with Gasteiger partial charge in [-0.05, 0) is 42.4 Å². The molecule has 1 aromatic rings. The second-order valence-electron chi connectivity index (χ2n) is 8.22. The van der Waals surface area contributed by atoms with Crippen molar-refractivity contribution in [1.82, 2.24) is 10.6 Å². The number of hydrogen-bond donors (Lipinski definition) is 2. The maximum Gasteiger partial charge on any atom is 0.251 e. The van der Waals surface area contributed by atoms with Crippen LogP contribution in [0.1, 0.15) is 77.2 Å². The minimum absolute atomic E-state index is 0.0200. The van der Waals surface area contributed by atoms with E-state index in [1.165, 1.54) is 5.56 Å². The van der Waals surface area contributed by atoms with Crippen LogP contribution in [0.3, 0.4) is 0 Å². The number of nitrogens with one attached hydrogen (secondary N) is 2. The van der Waals surface area contributed by atoms with Crippen molar-refractivity contribution in [2.24, 2.45) is 5.92 Å². The lowest BCUT2D eigenvalue weighted by Gasteiger charge is -2.24. The summed E-state index contributed by atoms with van der Waals surface area (Å²) < 4.78 is 0. The normalized spacial score (nSPS) is 14.1. The van der Waals surface area contributed by atoms with E-state index in [9.17, 15) is 9.59 Å². The summed E-state index contributed by atoms with van der Waals surface area (Å²) in [5.74, 6) is -0.306. The van der Waals surface area contributed by atoms with E-state index in [0.29, 0.717) is 5.56 Å². The van der Waals surface area contributed by atoms with E-state index in [-0.39, 0.29) is 29.2 Å². The molecule has 1 rings (SSSR count). The number of benzene rings is 1. The molecule has 1 aromatic carbocycles. The zero-order chi connectivity index (χ0) is 19.2. The average molecular weight is 347 g/mol. The Morgan fingerprint density at radius 3 is 2.00 bits per heavy atom. The Kier molecular flexibility index (Phi) is 7.65. The number of rotatable bonds is 7. The summed E-state index contributed by atoms with van der Waals surface area (Å²) in [6, 6.07) is 7.18. The summed E-state index contributed by atoms with van der Waals surface area (Å²) in [6.07, 6.45) is 1.94. The van der Waals surface area contributed by atoms with Gasteiger partial charge >= 0.3 is 0 Å². The molecule has 2 amide bonds. The highest BCUT2D eigenvalue weighted by Gasteiger charge is 2.25. The highest BCUT2D eigenvalue weighted by molar-refractivity contribution is 5.97. The van der Waals surface area contributed by atoms with E-state index >= 15 is 0 Å². The summed E-state index contributed by atoms with van der Waals surface area (Å²) in [7, 11) is 0. The van der Waals surface area contributed by atoms with E-state index in [0.717, 1.165) is 12.8 Å². The lowest BCUT2D eigenvalue weighted by molar-refractivity contribution is -0.124. The van der Waals surface area contributed by atoms with Crippen LogP contribution in [0.4, 0.5) is 0 Å². The Hall–Kier alpha value is -1.84. The third-order valence-corrected chi connectivity index (χ3v) is 4.36. The van der Waals surface area contributed by atoms with E-state index in [1.54, 1.807) is 0 Å². The molecule has 0 aliphatic carbocycles. The van der Waals surface area contributed by atoms with Crippen LogP contribution in [-0.4, -0.2) is 23.9 Å². The van der Waals surface area contributed by atoms with Crippen molar-refractivity contribution in [2.75, 3.05) is 0 Å². The molecule has 0 heterocycles. The first-order valence-corrected chi connectivity index (χ1v) is 9.28. The van der Waals surface area contributed by atoms with Crippen LogP contribution >= 0.6 is 0 Å². The molecular formula is C21H34N2O2. The van der Waals surface area contributed by atoms with Crippen molar-refractivity contribution < 1.29 is 9.59 Å². The van der Waals surface area contributed by atoms with Gasteiger partial charge in [0.2, 0.25) is 5.91 Å². The van der Waals surface area contributed by atoms with Crippen LogP contribution in [0, 0.1) is 5.92 Å². The van der Waals surface area contributed by atoms with E-state index in [2.05, 4.69) is 38.3 Å². The molecular weight excluding hydrogens is 312 g/mol. The van der Waals surface area contributed by atoms with Gasteiger partial charge in [-0.25, -0.2) is 0 Å². The lowest BCUT2D eigenvalue weighted by Crippen LogP contribution is -2.51. The van der Waals surface area contributed by atoms with Gasteiger partial charge in [-0.3, -0.25) is 9.59 Å². The Morgan fingerprint density at radius 1 is 1.00 bits per heavy atom. The van der Waals surface area contributed by atoms with Gasteiger partial charge in [-0.2, -0.15) is 0 Å². The van der Waals surface area contributed by atoms with Crippen LogP contribution in [0.25, 0.3) is 0 Å². The molecule has 2 atom stereocenters. The molecule has 140 valence electrons. The van der Waals surface area contributed by atoms with Gasteiger partial charge < -0.3 is 10.6 Å². The van der Waals surface area contributed by atoms with Crippen LogP contribution in [0.15, 0.2) is 24.3 Å². The van der Waals surface area contributed by atoms with E-state index in [1.807, 2.05) is 45.0 Å². The van der Waals surface area contributed by atoms with Gasteiger partial charge in [0, 0.05) is 11.6 Å². The van der Waals surface area contributed by atoms with Crippen molar-refractivity contribution in [1.29, 1.82) is 0 Å². The van der Waals surface area contributed by atoms with E-state index < -0.39 is 6.04 Å². The second kappa shape index (κ2) is 9.02. The fourth-order valence-corrected chi connectivity index (χ4v) is 2.72. The molecule has 4 heteroatoms. The van der Waals surface area contributed by atoms with Crippen LogP contribution < -0.4 is 10.6 Å². The predicted octanol–water partition coefficient (Wildman–Crippen LogP) is 4.04.